The van der Waals surface area contributed by atoms with Crippen LogP contribution in [0, 0.1) is 22.9 Å². The molecule has 2 aromatic rings. The van der Waals surface area contributed by atoms with Crippen molar-refractivity contribution in [1.29, 1.82) is 0 Å². The number of anilines is 1. The second-order valence-corrected chi connectivity index (χ2v) is 4.69. The molecular formula is C11H10FN3O2S. The zero-order valence-electron chi connectivity index (χ0n) is 9.51. The molecule has 0 aliphatic rings. The molecule has 0 atom stereocenters. The minimum Gasteiger partial charge on any atom is -0.377 e. The van der Waals surface area contributed by atoms with E-state index in [2.05, 4.69) is 10.3 Å². The summed E-state index contributed by atoms with van der Waals surface area (Å²) in [7, 11) is 0. The molecule has 94 valence electrons. The quantitative estimate of drug-likeness (QED) is 0.682. The summed E-state index contributed by atoms with van der Waals surface area (Å²) in [6.45, 7) is 2.28. The average molecular weight is 267 g/mol. The van der Waals surface area contributed by atoms with Crippen LogP contribution in [-0.4, -0.2) is 9.91 Å². The summed E-state index contributed by atoms with van der Waals surface area (Å²) < 4.78 is 13.5. The van der Waals surface area contributed by atoms with E-state index in [1.165, 1.54) is 23.5 Å². The van der Waals surface area contributed by atoms with Crippen LogP contribution in [0.2, 0.25) is 0 Å². The van der Waals surface area contributed by atoms with Crippen LogP contribution in [0.25, 0.3) is 0 Å². The van der Waals surface area contributed by atoms with Crippen LogP contribution >= 0.6 is 11.3 Å². The lowest BCUT2D eigenvalue weighted by atomic mass is 10.2. The van der Waals surface area contributed by atoms with Crippen molar-refractivity contribution >= 4 is 22.7 Å². The van der Waals surface area contributed by atoms with Gasteiger partial charge in [-0.1, -0.05) is 0 Å². The highest BCUT2D eigenvalue weighted by Gasteiger charge is 2.10. The fraction of sp³-hybridized carbons (Fsp3) is 0.182. The number of aryl methyl sites for hydroxylation is 1. The van der Waals surface area contributed by atoms with Gasteiger partial charge in [0.25, 0.3) is 5.69 Å². The molecule has 0 aliphatic carbocycles. The predicted octanol–water partition coefficient (Wildman–Crippen LogP) is 3.11. The van der Waals surface area contributed by atoms with E-state index < -0.39 is 10.7 Å². The summed E-state index contributed by atoms with van der Waals surface area (Å²) in [4.78, 5) is 14.1. The predicted molar refractivity (Wildman–Crippen MR) is 67.2 cm³/mol. The topological polar surface area (TPSA) is 68.1 Å². The van der Waals surface area contributed by atoms with Crippen LogP contribution in [0.4, 0.5) is 15.8 Å². The van der Waals surface area contributed by atoms with Gasteiger partial charge in [-0.05, 0) is 13.0 Å². The molecule has 1 aromatic carbocycles. The zero-order chi connectivity index (χ0) is 13.1. The van der Waals surface area contributed by atoms with Crippen molar-refractivity contribution in [2.45, 2.75) is 13.5 Å². The fourth-order valence-electron chi connectivity index (χ4n) is 1.44. The molecule has 0 amide bonds. The van der Waals surface area contributed by atoms with Gasteiger partial charge in [0, 0.05) is 11.4 Å². The zero-order valence-corrected chi connectivity index (χ0v) is 10.3. The van der Waals surface area contributed by atoms with E-state index in [0.29, 0.717) is 6.54 Å². The number of rotatable bonds is 4. The van der Waals surface area contributed by atoms with Crippen molar-refractivity contribution in [3.63, 3.8) is 0 Å². The third-order valence-corrected chi connectivity index (χ3v) is 3.11. The summed E-state index contributed by atoms with van der Waals surface area (Å²) in [5.41, 5.74) is 0.782. The lowest BCUT2D eigenvalue weighted by Crippen LogP contribution is -2.02. The first-order valence-corrected chi connectivity index (χ1v) is 6.03. The lowest BCUT2D eigenvalue weighted by molar-refractivity contribution is -0.385. The molecule has 0 spiro atoms. The van der Waals surface area contributed by atoms with E-state index in [4.69, 9.17) is 0 Å². The number of nitrogens with zero attached hydrogens (tertiary/aromatic N) is 2. The summed E-state index contributed by atoms with van der Waals surface area (Å²) >= 11 is 1.52. The van der Waals surface area contributed by atoms with E-state index in [1.54, 1.807) is 0 Å². The number of hydrogen-bond donors (Lipinski definition) is 1. The Morgan fingerprint density at radius 2 is 2.33 bits per heavy atom. The van der Waals surface area contributed by atoms with E-state index in [1.807, 2.05) is 12.3 Å². The maximum absolute atomic E-state index is 13.5. The highest BCUT2D eigenvalue weighted by atomic mass is 32.1. The molecule has 7 heteroatoms. The van der Waals surface area contributed by atoms with Gasteiger partial charge in [-0.15, -0.1) is 11.3 Å². The Hall–Kier alpha value is -2.02. The molecule has 0 saturated carbocycles. The maximum Gasteiger partial charge on any atom is 0.272 e. The second kappa shape index (κ2) is 5.09. The SMILES string of the molecule is Cc1nc(CNc2ccc([N+](=O)[O-])cc2F)cs1. The molecule has 1 N–H and O–H groups in total. The molecule has 0 fully saturated rings. The summed E-state index contributed by atoms with van der Waals surface area (Å²) in [5.74, 6) is -0.642. The largest absolute Gasteiger partial charge is 0.377 e. The molecule has 1 aromatic heterocycles. The smallest absolute Gasteiger partial charge is 0.272 e. The minimum absolute atomic E-state index is 0.228. The van der Waals surface area contributed by atoms with Crippen molar-refractivity contribution in [3.05, 3.63) is 50.2 Å². The van der Waals surface area contributed by atoms with E-state index in [-0.39, 0.29) is 11.4 Å². The lowest BCUT2D eigenvalue weighted by Gasteiger charge is -2.05. The Morgan fingerprint density at radius 3 is 2.89 bits per heavy atom. The van der Waals surface area contributed by atoms with Crippen LogP contribution in [-0.2, 0) is 6.54 Å². The van der Waals surface area contributed by atoms with Gasteiger partial charge in [-0.2, -0.15) is 0 Å². The Bertz CT molecular complexity index is 585. The summed E-state index contributed by atoms with van der Waals surface area (Å²) in [6.07, 6.45) is 0. The van der Waals surface area contributed by atoms with Crippen LogP contribution in [0.3, 0.4) is 0 Å². The maximum atomic E-state index is 13.5. The number of thiazole rings is 1. The Morgan fingerprint density at radius 1 is 1.56 bits per heavy atom. The summed E-state index contributed by atoms with van der Waals surface area (Å²) in [5, 5.41) is 16.1. The van der Waals surface area contributed by atoms with Gasteiger partial charge in [0.1, 0.15) is 0 Å². The molecule has 0 saturated heterocycles. The molecule has 2 rings (SSSR count). The number of benzene rings is 1. The van der Waals surface area contributed by atoms with Crippen LogP contribution in [0.15, 0.2) is 23.6 Å². The Labute approximate surface area is 106 Å². The number of nitrogens with one attached hydrogen (secondary N) is 1. The molecule has 5 nitrogen and oxygen atoms in total. The number of hydrogen-bond acceptors (Lipinski definition) is 5. The van der Waals surface area contributed by atoms with E-state index >= 15 is 0 Å². The number of nitro groups is 1. The van der Waals surface area contributed by atoms with Crippen molar-refractivity contribution in [1.82, 2.24) is 4.98 Å². The Kier molecular flexibility index (Phi) is 3.52. The normalized spacial score (nSPS) is 10.3. The first-order chi connectivity index (χ1) is 8.56. The second-order valence-electron chi connectivity index (χ2n) is 3.63. The number of nitro benzene ring substituents is 1. The first kappa shape index (κ1) is 12.4. The third kappa shape index (κ3) is 2.80. The van der Waals surface area contributed by atoms with Gasteiger partial charge >= 0.3 is 0 Å². The van der Waals surface area contributed by atoms with Gasteiger partial charge in [0.05, 0.1) is 33.9 Å². The number of halogens is 1. The van der Waals surface area contributed by atoms with Crippen molar-refractivity contribution in [2.24, 2.45) is 0 Å². The van der Waals surface area contributed by atoms with Crippen LogP contribution < -0.4 is 5.32 Å². The van der Waals surface area contributed by atoms with Gasteiger partial charge in [0.2, 0.25) is 0 Å². The highest BCUT2D eigenvalue weighted by Crippen LogP contribution is 2.21. The molecular weight excluding hydrogens is 257 g/mol. The summed E-state index contributed by atoms with van der Waals surface area (Å²) in [6, 6.07) is 3.51. The van der Waals surface area contributed by atoms with Gasteiger partial charge < -0.3 is 5.32 Å². The highest BCUT2D eigenvalue weighted by molar-refractivity contribution is 7.09. The van der Waals surface area contributed by atoms with Crippen LogP contribution in [0.1, 0.15) is 10.7 Å². The van der Waals surface area contributed by atoms with Gasteiger partial charge in [0.15, 0.2) is 5.82 Å². The third-order valence-electron chi connectivity index (χ3n) is 2.29. The Balaban J connectivity index is 2.08. The van der Waals surface area contributed by atoms with Crippen molar-refractivity contribution < 1.29 is 9.31 Å². The molecule has 0 unspecified atom stereocenters. The average Bonchev–Trinajstić information content (AvgIpc) is 2.73. The molecule has 0 bridgehead atoms. The molecule has 18 heavy (non-hydrogen) atoms. The van der Waals surface area contributed by atoms with Crippen LogP contribution in [0.5, 0.6) is 0 Å². The van der Waals surface area contributed by atoms with Crippen molar-refractivity contribution in [2.75, 3.05) is 5.32 Å². The number of aromatic nitrogens is 1. The van der Waals surface area contributed by atoms with Gasteiger partial charge in [-0.25, -0.2) is 9.37 Å². The fourth-order valence-corrected chi connectivity index (χ4v) is 2.05. The van der Waals surface area contributed by atoms with E-state index in [0.717, 1.165) is 16.8 Å². The van der Waals surface area contributed by atoms with E-state index in [9.17, 15) is 14.5 Å². The number of non-ortho nitro benzene ring substituents is 1. The minimum atomic E-state index is -0.642. The monoisotopic (exact) mass is 267 g/mol. The molecule has 0 aliphatic heterocycles. The standard InChI is InChI=1S/C11H10FN3O2S/c1-7-14-8(6-18-7)5-13-11-3-2-9(15(16)17)4-10(11)12/h2-4,6,13H,5H2,1H3. The first-order valence-electron chi connectivity index (χ1n) is 5.15. The molecule has 0 radical (unpaired) electrons. The molecule has 1 heterocycles. The van der Waals surface area contributed by atoms with Gasteiger partial charge in [-0.3, -0.25) is 10.1 Å². The van der Waals surface area contributed by atoms with Crippen molar-refractivity contribution in [3.8, 4) is 0 Å².